The molecule has 1 aliphatic heterocycles. The lowest BCUT2D eigenvalue weighted by molar-refractivity contribution is -0.0160. The molecule has 0 aromatic heterocycles. The summed E-state index contributed by atoms with van der Waals surface area (Å²) in [6, 6.07) is 0. The van der Waals surface area contributed by atoms with Gasteiger partial charge in [0.1, 0.15) is 0 Å². The molecule has 5 heteroatoms. The maximum Gasteiger partial charge on any atom is 0.323 e. The molecule has 0 aromatic rings. The van der Waals surface area contributed by atoms with E-state index >= 15 is 0 Å². The number of halogens is 3. The van der Waals surface area contributed by atoms with Crippen LogP contribution >= 0.6 is 11.6 Å². The van der Waals surface area contributed by atoms with Crippen molar-refractivity contribution in [2.45, 2.75) is 17.9 Å². The minimum atomic E-state index is -3.11. The van der Waals surface area contributed by atoms with Crippen molar-refractivity contribution in [1.29, 1.82) is 0 Å². The van der Waals surface area contributed by atoms with Gasteiger partial charge in [-0.15, -0.1) is 0 Å². The topological polar surface area (TPSA) is 21.3 Å². The molecule has 0 atom stereocenters. The molecule has 0 spiro atoms. The minimum absolute atomic E-state index is 0.0306. The van der Waals surface area contributed by atoms with Crippen LogP contribution in [0.4, 0.5) is 8.78 Å². The fraction of sp³-hybridized carbons (Fsp3) is 1.00. The second kappa shape index (κ2) is 3.65. The normalized spacial score (nSPS) is 19.9. The third kappa shape index (κ3) is 3.84. The SMILES string of the molecule is FC(F)(Cl)CCOC1CNC1. The Labute approximate surface area is 68.9 Å². The van der Waals surface area contributed by atoms with Crippen molar-refractivity contribution in [3.63, 3.8) is 0 Å². The average molecular weight is 186 g/mol. The Balaban J connectivity index is 1.95. The second-order valence-corrected chi connectivity index (χ2v) is 3.07. The Kier molecular flexibility index (Phi) is 3.04. The number of hydrogen-bond acceptors (Lipinski definition) is 2. The van der Waals surface area contributed by atoms with Gasteiger partial charge in [0, 0.05) is 19.5 Å². The highest BCUT2D eigenvalue weighted by Gasteiger charge is 2.25. The van der Waals surface area contributed by atoms with Gasteiger partial charge >= 0.3 is 5.38 Å². The summed E-state index contributed by atoms with van der Waals surface area (Å²) in [4.78, 5) is 0. The second-order valence-electron chi connectivity index (χ2n) is 2.52. The Morgan fingerprint density at radius 1 is 1.55 bits per heavy atom. The molecule has 1 fully saturated rings. The number of nitrogens with one attached hydrogen (secondary N) is 1. The lowest BCUT2D eigenvalue weighted by Crippen LogP contribution is -2.48. The summed E-state index contributed by atoms with van der Waals surface area (Å²) in [5, 5.41) is -0.151. The predicted octanol–water partition coefficient (Wildman–Crippen LogP) is 1.20. The maximum atomic E-state index is 12.0. The summed E-state index contributed by atoms with van der Waals surface area (Å²) in [7, 11) is 0. The molecule has 1 heterocycles. The first-order chi connectivity index (χ1) is 5.08. The maximum absolute atomic E-state index is 12.0. The van der Waals surface area contributed by atoms with Gasteiger partial charge in [-0.25, -0.2) is 0 Å². The van der Waals surface area contributed by atoms with E-state index in [9.17, 15) is 8.78 Å². The lowest BCUT2D eigenvalue weighted by Gasteiger charge is -2.27. The van der Waals surface area contributed by atoms with Crippen LogP contribution in [-0.2, 0) is 4.74 Å². The standard InChI is InChI=1S/C6H10ClF2NO/c7-6(8,9)1-2-11-5-3-10-4-5/h5,10H,1-4H2. The summed E-state index contributed by atoms with van der Waals surface area (Å²) in [5.74, 6) is 0. The summed E-state index contributed by atoms with van der Waals surface area (Å²) >= 11 is 4.65. The fourth-order valence-electron chi connectivity index (χ4n) is 0.721. The van der Waals surface area contributed by atoms with Crippen LogP contribution in [0, 0.1) is 0 Å². The van der Waals surface area contributed by atoms with E-state index in [-0.39, 0.29) is 12.7 Å². The first kappa shape index (κ1) is 9.16. The molecule has 0 aromatic carbocycles. The van der Waals surface area contributed by atoms with Crippen LogP contribution in [0.2, 0.25) is 0 Å². The van der Waals surface area contributed by atoms with E-state index in [4.69, 9.17) is 4.74 Å². The molecule has 0 unspecified atom stereocenters. The molecule has 0 amide bonds. The van der Waals surface area contributed by atoms with Crippen LogP contribution in [0.1, 0.15) is 6.42 Å². The molecule has 0 aliphatic carbocycles. The largest absolute Gasteiger partial charge is 0.375 e. The molecule has 1 saturated heterocycles. The summed E-state index contributed by atoms with van der Waals surface area (Å²) in [5.41, 5.74) is 0. The Morgan fingerprint density at radius 2 is 2.18 bits per heavy atom. The molecule has 1 aliphatic rings. The van der Waals surface area contributed by atoms with Gasteiger partial charge in [0.25, 0.3) is 0 Å². The van der Waals surface area contributed by atoms with Crippen LogP contribution in [-0.4, -0.2) is 31.2 Å². The molecule has 0 radical (unpaired) electrons. The third-order valence-corrected chi connectivity index (χ3v) is 1.67. The molecular weight excluding hydrogens is 176 g/mol. The Hall–Kier alpha value is 0.0700. The van der Waals surface area contributed by atoms with Crippen LogP contribution in [0.15, 0.2) is 0 Å². The number of alkyl halides is 3. The van der Waals surface area contributed by atoms with E-state index < -0.39 is 11.8 Å². The highest BCUT2D eigenvalue weighted by molar-refractivity contribution is 6.21. The van der Waals surface area contributed by atoms with Crippen molar-refractivity contribution >= 4 is 11.6 Å². The molecule has 66 valence electrons. The highest BCUT2D eigenvalue weighted by Crippen LogP contribution is 2.23. The summed E-state index contributed by atoms with van der Waals surface area (Å²) < 4.78 is 29.0. The van der Waals surface area contributed by atoms with Gasteiger partial charge in [-0.2, -0.15) is 8.78 Å². The molecule has 0 bridgehead atoms. The van der Waals surface area contributed by atoms with Crippen LogP contribution < -0.4 is 5.32 Å². The van der Waals surface area contributed by atoms with Gasteiger partial charge in [-0.3, -0.25) is 0 Å². The van der Waals surface area contributed by atoms with Gasteiger partial charge in [0.2, 0.25) is 0 Å². The molecule has 2 nitrogen and oxygen atoms in total. The van der Waals surface area contributed by atoms with E-state index in [2.05, 4.69) is 16.9 Å². The Morgan fingerprint density at radius 3 is 2.55 bits per heavy atom. The molecule has 0 saturated carbocycles. The zero-order valence-corrected chi connectivity index (χ0v) is 6.70. The molecular formula is C6H10ClF2NO. The third-order valence-electron chi connectivity index (χ3n) is 1.48. The molecule has 1 rings (SSSR count). The van der Waals surface area contributed by atoms with Gasteiger partial charge in [-0.1, -0.05) is 0 Å². The summed E-state index contributed by atoms with van der Waals surface area (Å²) in [6.07, 6.45) is -0.306. The van der Waals surface area contributed by atoms with E-state index in [0.717, 1.165) is 13.1 Å². The molecule has 11 heavy (non-hydrogen) atoms. The Bertz CT molecular complexity index is 124. The van der Waals surface area contributed by atoms with Gasteiger partial charge in [0.05, 0.1) is 12.7 Å². The van der Waals surface area contributed by atoms with Crippen molar-refractivity contribution in [2.24, 2.45) is 0 Å². The first-order valence-electron chi connectivity index (χ1n) is 3.47. The van der Waals surface area contributed by atoms with Crippen molar-refractivity contribution in [3.8, 4) is 0 Å². The highest BCUT2D eigenvalue weighted by atomic mass is 35.5. The van der Waals surface area contributed by atoms with Gasteiger partial charge in [0.15, 0.2) is 0 Å². The summed E-state index contributed by atoms with van der Waals surface area (Å²) in [6.45, 7) is 1.55. The smallest absolute Gasteiger partial charge is 0.323 e. The van der Waals surface area contributed by atoms with E-state index in [1.165, 1.54) is 0 Å². The van der Waals surface area contributed by atoms with Crippen LogP contribution in [0.25, 0.3) is 0 Å². The van der Waals surface area contributed by atoms with Crippen LogP contribution in [0.5, 0.6) is 0 Å². The zero-order chi connectivity index (χ0) is 8.32. The van der Waals surface area contributed by atoms with Crippen LogP contribution in [0.3, 0.4) is 0 Å². The quantitative estimate of drug-likeness (QED) is 0.665. The van der Waals surface area contributed by atoms with Crippen molar-refractivity contribution in [2.75, 3.05) is 19.7 Å². The fourth-order valence-corrected chi connectivity index (χ4v) is 0.799. The number of hydrogen-bond donors (Lipinski definition) is 1. The first-order valence-corrected chi connectivity index (χ1v) is 3.85. The van der Waals surface area contributed by atoms with E-state index in [1.807, 2.05) is 0 Å². The predicted molar refractivity (Wildman–Crippen MR) is 38.0 cm³/mol. The van der Waals surface area contributed by atoms with Crippen molar-refractivity contribution in [1.82, 2.24) is 5.32 Å². The van der Waals surface area contributed by atoms with Gasteiger partial charge < -0.3 is 10.1 Å². The van der Waals surface area contributed by atoms with Crippen molar-refractivity contribution in [3.05, 3.63) is 0 Å². The number of rotatable bonds is 4. The monoisotopic (exact) mass is 185 g/mol. The minimum Gasteiger partial charge on any atom is -0.375 e. The van der Waals surface area contributed by atoms with Crippen molar-refractivity contribution < 1.29 is 13.5 Å². The van der Waals surface area contributed by atoms with Gasteiger partial charge in [-0.05, 0) is 11.6 Å². The number of ether oxygens (including phenoxy) is 1. The van der Waals surface area contributed by atoms with E-state index in [0.29, 0.717) is 0 Å². The lowest BCUT2D eigenvalue weighted by atomic mass is 10.2. The average Bonchev–Trinajstić information content (AvgIpc) is 1.73. The molecule has 1 N–H and O–H groups in total. The zero-order valence-electron chi connectivity index (χ0n) is 5.95. The van der Waals surface area contributed by atoms with E-state index in [1.54, 1.807) is 0 Å².